The van der Waals surface area contributed by atoms with Gasteiger partial charge in [0, 0.05) is 27.8 Å². The zero-order valence-corrected chi connectivity index (χ0v) is 13.9. The van der Waals surface area contributed by atoms with E-state index in [1.165, 1.54) is 23.8 Å². The minimum atomic E-state index is -4.07. The van der Waals surface area contributed by atoms with E-state index in [9.17, 15) is 12.8 Å². The fraction of sp³-hybridized carbons (Fsp3) is 0.273. The molecule has 1 aromatic carbocycles. The van der Waals surface area contributed by atoms with Crippen molar-refractivity contribution in [2.24, 2.45) is 0 Å². The SMILES string of the molecule is COCCn1c(-c2cc(F)cc(Br)c2)nnc1S(=O)(=O)Cl. The van der Waals surface area contributed by atoms with E-state index in [1.54, 1.807) is 6.07 Å². The molecule has 6 nitrogen and oxygen atoms in total. The van der Waals surface area contributed by atoms with E-state index in [1.807, 2.05) is 0 Å². The average molecular weight is 399 g/mol. The number of rotatable bonds is 5. The highest BCUT2D eigenvalue weighted by Crippen LogP contribution is 2.26. The first-order chi connectivity index (χ1) is 9.82. The summed E-state index contributed by atoms with van der Waals surface area (Å²) in [6.45, 7) is 0.384. The van der Waals surface area contributed by atoms with E-state index in [-0.39, 0.29) is 19.0 Å². The second kappa shape index (κ2) is 6.39. The smallest absolute Gasteiger partial charge is 0.296 e. The number of nitrogens with zero attached hydrogens (tertiary/aromatic N) is 3. The molecule has 0 fully saturated rings. The van der Waals surface area contributed by atoms with Crippen molar-refractivity contribution in [3.8, 4) is 11.4 Å². The van der Waals surface area contributed by atoms with Crippen LogP contribution in [-0.4, -0.2) is 36.9 Å². The summed E-state index contributed by atoms with van der Waals surface area (Å²) in [6.07, 6.45) is 0. The fourth-order valence-electron chi connectivity index (χ4n) is 1.75. The zero-order chi connectivity index (χ0) is 15.6. The topological polar surface area (TPSA) is 74.1 Å². The third kappa shape index (κ3) is 3.79. The summed E-state index contributed by atoms with van der Waals surface area (Å²) in [5, 5.41) is 6.96. The highest BCUT2D eigenvalue weighted by Gasteiger charge is 2.23. The van der Waals surface area contributed by atoms with E-state index >= 15 is 0 Å². The summed E-state index contributed by atoms with van der Waals surface area (Å²) < 4.78 is 43.2. The molecule has 0 aliphatic rings. The molecule has 0 aliphatic heterocycles. The van der Waals surface area contributed by atoms with Gasteiger partial charge in [0.15, 0.2) is 5.82 Å². The van der Waals surface area contributed by atoms with Crippen LogP contribution in [0.15, 0.2) is 27.8 Å². The number of aromatic nitrogens is 3. The highest BCUT2D eigenvalue weighted by molar-refractivity contribution is 9.10. The number of hydrogen-bond acceptors (Lipinski definition) is 5. The summed E-state index contributed by atoms with van der Waals surface area (Å²) in [7, 11) is 2.73. The van der Waals surface area contributed by atoms with Gasteiger partial charge in [-0.25, -0.2) is 12.8 Å². The molecule has 0 atom stereocenters. The lowest BCUT2D eigenvalue weighted by Crippen LogP contribution is -2.11. The molecule has 0 amide bonds. The maximum atomic E-state index is 13.5. The van der Waals surface area contributed by atoms with Crippen LogP contribution >= 0.6 is 26.6 Å². The Morgan fingerprint density at radius 1 is 1.38 bits per heavy atom. The van der Waals surface area contributed by atoms with Crippen molar-refractivity contribution in [1.29, 1.82) is 0 Å². The number of ether oxygens (including phenoxy) is 1. The molecule has 2 aromatic rings. The Bertz CT molecular complexity index is 746. The largest absolute Gasteiger partial charge is 0.383 e. The normalized spacial score (nSPS) is 11.8. The maximum Gasteiger partial charge on any atom is 0.296 e. The number of hydrogen-bond donors (Lipinski definition) is 0. The van der Waals surface area contributed by atoms with Crippen LogP contribution in [0.1, 0.15) is 0 Å². The molecular formula is C11H10BrClFN3O3S. The number of benzene rings is 1. The monoisotopic (exact) mass is 397 g/mol. The van der Waals surface area contributed by atoms with Crippen molar-refractivity contribution in [2.75, 3.05) is 13.7 Å². The van der Waals surface area contributed by atoms with Crippen molar-refractivity contribution in [3.05, 3.63) is 28.5 Å². The average Bonchev–Trinajstić information content (AvgIpc) is 2.78. The Morgan fingerprint density at radius 2 is 2.10 bits per heavy atom. The lowest BCUT2D eigenvalue weighted by molar-refractivity contribution is 0.185. The first-order valence-electron chi connectivity index (χ1n) is 5.66. The molecule has 0 radical (unpaired) electrons. The van der Waals surface area contributed by atoms with Crippen LogP contribution in [0.5, 0.6) is 0 Å². The van der Waals surface area contributed by atoms with Crippen LogP contribution in [0.2, 0.25) is 0 Å². The summed E-state index contributed by atoms with van der Waals surface area (Å²) in [6, 6.07) is 4.10. The van der Waals surface area contributed by atoms with Gasteiger partial charge in [0.05, 0.1) is 13.2 Å². The standard InChI is InChI=1S/C11H10BrClFN3O3S/c1-20-3-2-17-10(15-16-11(17)21(13,18)19)7-4-8(12)6-9(14)5-7/h4-6H,2-3H2,1H3. The van der Waals surface area contributed by atoms with Gasteiger partial charge in [-0.15, -0.1) is 10.2 Å². The molecule has 0 aliphatic carbocycles. The van der Waals surface area contributed by atoms with Gasteiger partial charge < -0.3 is 4.74 Å². The van der Waals surface area contributed by atoms with Gasteiger partial charge in [0.1, 0.15) is 5.82 Å². The molecule has 2 rings (SSSR count). The second-order valence-corrected chi connectivity index (χ2v) is 7.42. The van der Waals surface area contributed by atoms with Crippen LogP contribution in [-0.2, 0) is 20.3 Å². The molecule has 0 unspecified atom stereocenters. The van der Waals surface area contributed by atoms with Gasteiger partial charge in [0.25, 0.3) is 14.2 Å². The lowest BCUT2D eigenvalue weighted by Gasteiger charge is -2.08. The van der Waals surface area contributed by atoms with Crippen molar-refractivity contribution >= 4 is 35.7 Å². The van der Waals surface area contributed by atoms with E-state index in [2.05, 4.69) is 26.1 Å². The molecule has 114 valence electrons. The Hall–Kier alpha value is -1.03. The zero-order valence-electron chi connectivity index (χ0n) is 10.8. The second-order valence-electron chi connectivity index (χ2n) is 4.05. The van der Waals surface area contributed by atoms with Gasteiger partial charge in [0.2, 0.25) is 0 Å². The highest BCUT2D eigenvalue weighted by atomic mass is 79.9. The summed E-state index contributed by atoms with van der Waals surface area (Å²) in [5.41, 5.74) is 0.372. The summed E-state index contributed by atoms with van der Waals surface area (Å²) in [4.78, 5) is 0. The van der Waals surface area contributed by atoms with Crippen molar-refractivity contribution < 1.29 is 17.5 Å². The summed E-state index contributed by atoms with van der Waals surface area (Å²) >= 11 is 3.17. The van der Waals surface area contributed by atoms with Gasteiger partial charge in [-0.1, -0.05) is 15.9 Å². The van der Waals surface area contributed by atoms with Gasteiger partial charge in [-0.05, 0) is 18.2 Å². The minimum Gasteiger partial charge on any atom is -0.383 e. The first-order valence-corrected chi connectivity index (χ1v) is 8.76. The Morgan fingerprint density at radius 3 is 2.67 bits per heavy atom. The molecule has 1 heterocycles. The third-order valence-electron chi connectivity index (χ3n) is 2.57. The maximum absolute atomic E-state index is 13.5. The molecule has 10 heteroatoms. The quantitative estimate of drug-likeness (QED) is 0.723. The van der Waals surface area contributed by atoms with Crippen LogP contribution in [0.25, 0.3) is 11.4 Å². The number of halogens is 3. The van der Waals surface area contributed by atoms with Crippen LogP contribution in [0.4, 0.5) is 4.39 Å². The molecule has 0 saturated carbocycles. The molecule has 0 spiro atoms. The van der Waals surface area contributed by atoms with Crippen molar-refractivity contribution in [2.45, 2.75) is 11.7 Å². The molecular weight excluding hydrogens is 389 g/mol. The molecule has 0 N–H and O–H groups in total. The van der Waals surface area contributed by atoms with Crippen molar-refractivity contribution in [1.82, 2.24) is 14.8 Å². The van der Waals surface area contributed by atoms with E-state index in [0.29, 0.717) is 10.0 Å². The van der Waals surface area contributed by atoms with E-state index in [4.69, 9.17) is 15.4 Å². The molecule has 1 aromatic heterocycles. The lowest BCUT2D eigenvalue weighted by atomic mass is 10.2. The minimum absolute atomic E-state index is 0.161. The van der Waals surface area contributed by atoms with Crippen LogP contribution < -0.4 is 0 Å². The van der Waals surface area contributed by atoms with Gasteiger partial charge in [-0.2, -0.15) is 0 Å². The fourth-order valence-corrected chi connectivity index (χ4v) is 3.14. The molecule has 0 saturated heterocycles. The third-order valence-corrected chi connectivity index (χ3v) is 4.18. The number of methoxy groups -OCH3 is 1. The Labute approximate surface area is 133 Å². The summed E-state index contributed by atoms with van der Waals surface area (Å²) in [5.74, 6) is -0.303. The van der Waals surface area contributed by atoms with Gasteiger partial charge in [-0.3, -0.25) is 4.57 Å². The van der Waals surface area contributed by atoms with Crippen LogP contribution in [0.3, 0.4) is 0 Å². The van der Waals surface area contributed by atoms with E-state index < -0.39 is 20.0 Å². The first kappa shape index (κ1) is 16.3. The van der Waals surface area contributed by atoms with Crippen molar-refractivity contribution in [3.63, 3.8) is 0 Å². The Kier molecular flexibility index (Phi) is 4.97. The van der Waals surface area contributed by atoms with E-state index in [0.717, 1.165) is 0 Å². The molecule has 21 heavy (non-hydrogen) atoms. The predicted octanol–water partition coefficient (Wildman–Crippen LogP) is 2.42. The van der Waals surface area contributed by atoms with Crippen LogP contribution in [0, 0.1) is 5.82 Å². The predicted molar refractivity (Wildman–Crippen MR) is 78.0 cm³/mol. The Balaban J connectivity index is 2.60. The van der Waals surface area contributed by atoms with Gasteiger partial charge >= 0.3 is 0 Å². The molecule has 0 bridgehead atoms.